The van der Waals surface area contributed by atoms with Crippen LogP contribution in [-0.4, -0.2) is 45.7 Å². The smallest absolute Gasteiger partial charge is 0.223 e. The summed E-state index contributed by atoms with van der Waals surface area (Å²) in [6, 6.07) is 9.89. The number of aromatic nitrogens is 4. The van der Waals surface area contributed by atoms with Crippen LogP contribution in [-0.2, 0) is 4.74 Å². The average Bonchev–Trinajstić information content (AvgIpc) is 3.22. The zero-order chi connectivity index (χ0) is 20.7. The Morgan fingerprint density at radius 1 is 1.23 bits per heavy atom. The molecule has 6 nitrogen and oxygen atoms in total. The van der Waals surface area contributed by atoms with E-state index in [1.165, 1.54) is 6.20 Å². The summed E-state index contributed by atoms with van der Waals surface area (Å²) < 4.78 is 20.5. The van der Waals surface area contributed by atoms with E-state index in [0.717, 1.165) is 40.1 Å². The van der Waals surface area contributed by atoms with Gasteiger partial charge in [0.2, 0.25) is 5.95 Å². The van der Waals surface area contributed by atoms with Crippen LogP contribution in [0, 0.1) is 12.9 Å². The van der Waals surface area contributed by atoms with Gasteiger partial charge in [-0.05, 0) is 43.7 Å². The predicted molar refractivity (Wildman–Crippen MR) is 115 cm³/mol. The van der Waals surface area contributed by atoms with E-state index in [4.69, 9.17) is 9.72 Å². The van der Waals surface area contributed by atoms with Gasteiger partial charge >= 0.3 is 0 Å². The van der Waals surface area contributed by atoms with Crippen LogP contribution < -0.4 is 4.90 Å². The number of hydrogen-bond donors (Lipinski definition) is 1. The Labute approximate surface area is 173 Å². The largest absolute Gasteiger partial charge is 0.377 e. The second kappa shape index (κ2) is 7.50. The lowest BCUT2D eigenvalue weighted by molar-refractivity contribution is 0.0985. The number of aryl methyl sites for hydroxylation is 1. The zero-order valence-electron chi connectivity index (χ0n) is 16.9. The Balaban J connectivity index is 1.75. The molecule has 0 amide bonds. The van der Waals surface area contributed by atoms with Crippen molar-refractivity contribution in [2.45, 2.75) is 19.9 Å². The summed E-state index contributed by atoms with van der Waals surface area (Å²) in [5.41, 5.74) is 4.52. The van der Waals surface area contributed by atoms with Crippen molar-refractivity contribution in [3.8, 4) is 22.5 Å². The monoisotopic (exact) mass is 403 g/mol. The number of halogens is 1. The van der Waals surface area contributed by atoms with Crippen molar-refractivity contribution >= 4 is 16.7 Å². The Morgan fingerprint density at radius 3 is 2.97 bits per heavy atom. The molecule has 0 spiro atoms. The first kappa shape index (κ1) is 18.7. The number of ether oxygens (including phenoxy) is 1. The van der Waals surface area contributed by atoms with Gasteiger partial charge in [-0.1, -0.05) is 6.07 Å². The number of H-pyrrole nitrogens is 1. The molecule has 1 aliphatic heterocycles. The molecular formula is C23H22FN5O. The van der Waals surface area contributed by atoms with Crippen LogP contribution in [0.25, 0.3) is 33.4 Å². The minimum Gasteiger partial charge on any atom is -0.377 e. The number of hydrogen-bond acceptors (Lipinski definition) is 5. The fraction of sp³-hybridized carbons (Fsp3) is 0.261. The third-order valence-electron chi connectivity index (χ3n) is 5.57. The van der Waals surface area contributed by atoms with E-state index in [1.54, 1.807) is 12.4 Å². The lowest BCUT2D eigenvalue weighted by Crippen LogP contribution is -2.44. The predicted octanol–water partition coefficient (Wildman–Crippen LogP) is 4.36. The molecule has 7 heteroatoms. The Hall–Kier alpha value is -3.32. The summed E-state index contributed by atoms with van der Waals surface area (Å²) in [6.45, 7) is 6.13. The maximum atomic E-state index is 14.9. The number of nitrogens with zero attached hydrogens (tertiary/aromatic N) is 4. The highest BCUT2D eigenvalue weighted by atomic mass is 19.1. The number of anilines is 1. The van der Waals surface area contributed by atoms with Gasteiger partial charge in [0, 0.05) is 29.9 Å². The highest BCUT2D eigenvalue weighted by molar-refractivity contribution is 5.94. The molecule has 152 valence electrons. The van der Waals surface area contributed by atoms with Crippen LogP contribution in [0.4, 0.5) is 10.2 Å². The first-order chi connectivity index (χ1) is 14.6. The van der Waals surface area contributed by atoms with Gasteiger partial charge in [0.1, 0.15) is 5.82 Å². The van der Waals surface area contributed by atoms with Gasteiger partial charge < -0.3 is 14.6 Å². The molecule has 0 aliphatic carbocycles. The summed E-state index contributed by atoms with van der Waals surface area (Å²) in [4.78, 5) is 18.7. The van der Waals surface area contributed by atoms with E-state index in [2.05, 4.69) is 26.8 Å². The fourth-order valence-corrected chi connectivity index (χ4v) is 4.03. The first-order valence-electron chi connectivity index (χ1n) is 10.0. The number of aromatic amines is 1. The molecule has 5 heterocycles. The molecule has 0 saturated carbocycles. The molecule has 4 aromatic rings. The van der Waals surface area contributed by atoms with E-state index in [9.17, 15) is 4.39 Å². The molecule has 5 rings (SSSR count). The van der Waals surface area contributed by atoms with Gasteiger partial charge in [0.05, 0.1) is 47.9 Å². The second-order valence-corrected chi connectivity index (χ2v) is 7.61. The molecule has 4 aromatic heterocycles. The van der Waals surface area contributed by atoms with Crippen LogP contribution >= 0.6 is 0 Å². The Morgan fingerprint density at radius 2 is 2.13 bits per heavy atom. The topological polar surface area (TPSA) is 66.9 Å². The Bertz CT molecular complexity index is 1220. The first-order valence-corrected chi connectivity index (χ1v) is 10.0. The van der Waals surface area contributed by atoms with Crippen molar-refractivity contribution in [3.63, 3.8) is 0 Å². The number of fused-ring (bicyclic) bond motifs is 1. The Kier molecular flexibility index (Phi) is 4.67. The van der Waals surface area contributed by atoms with Crippen molar-refractivity contribution in [1.29, 1.82) is 0 Å². The molecule has 1 N–H and O–H groups in total. The van der Waals surface area contributed by atoms with Gasteiger partial charge in [-0.3, -0.25) is 4.98 Å². The maximum absolute atomic E-state index is 14.9. The quantitative estimate of drug-likeness (QED) is 0.515. The van der Waals surface area contributed by atoms with Crippen LogP contribution in [0.15, 0.2) is 48.9 Å². The van der Waals surface area contributed by atoms with Gasteiger partial charge in [-0.25, -0.2) is 9.97 Å². The zero-order valence-corrected chi connectivity index (χ0v) is 16.9. The normalized spacial score (nSPS) is 16.9. The molecule has 1 atom stereocenters. The minimum atomic E-state index is -0.537. The molecule has 0 unspecified atom stereocenters. The molecule has 0 radical (unpaired) electrons. The molecule has 1 fully saturated rings. The van der Waals surface area contributed by atoms with Gasteiger partial charge in [0.25, 0.3) is 0 Å². The highest BCUT2D eigenvalue weighted by Crippen LogP contribution is 2.34. The third-order valence-corrected chi connectivity index (χ3v) is 5.57. The highest BCUT2D eigenvalue weighted by Gasteiger charge is 2.23. The summed E-state index contributed by atoms with van der Waals surface area (Å²) >= 11 is 0. The summed E-state index contributed by atoms with van der Waals surface area (Å²) in [6.07, 6.45) is 5.06. The van der Waals surface area contributed by atoms with Crippen molar-refractivity contribution in [1.82, 2.24) is 19.9 Å². The van der Waals surface area contributed by atoms with Crippen LogP contribution in [0.5, 0.6) is 0 Å². The molecule has 0 bridgehead atoms. The van der Waals surface area contributed by atoms with E-state index < -0.39 is 5.95 Å². The summed E-state index contributed by atoms with van der Waals surface area (Å²) in [5.74, 6) is 0.251. The second-order valence-electron chi connectivity index (χ2n) is 7.61. The van der Waals surface area contributed by atoms with Gasteiger partial charge in [0.15, 0.2) is 0 Å². The number of nitrogens with one attached hydrogen (secondary N) is 1. The van der Waals surface area contributed by atoms with E-state index in [1.807, 2.05) is 37.3 Å². The van der Waals surface area contributed by atoms with Crippen LogP contribution in [0.3, 0.4) is 0 Å². The maximum Gasteiger partial charge on any atom is 0.223 e. The molecule has 30 heavy (non-hydrogen) atoms. The molecule has 0 aromatic carbocycles. The average molecular weight is 403 g/mol. The lowest BCUT2D eigenvalue weighted by atomic mass is 10.0. The van der Waals surface area contributed by atoms with Crippen molar-refractivity contribution in [2.75, 3.05) is 24.7 Å². The number of morpholine rings is 1. The van der Waals surface area contributed by atoms with Gasteiger partial charge in [-0.15, -0.1) is 0 Å². The third kappa shape index (κ3) is 3.21. The molecular weight excluding hydrogens is 381 g/mol. The minimum absolute atomic E-state index is 0.171. The number of pyridine rings is 3. The fourth-order valence-electron chi connectivity index (χ4n) is 4.03. The molecule has 1 aliphatic rings. The van der Waals surface area contributed by atoms with Crippen LogP contribution in [0.1, 0.15) is 12.5 Å². The van der Waals surface area contributed by atoms with E-state index in [0.29, 0.717) is 24.5 Å². The summed E-state index contributed by atoms with van der Waals surface area (Å²) in [5, 5.41) is 0.755. The van der Waals surface area contributed by atoms with Crippen LogP contribution in [0.2, 0.25) is 0 Å². The van der Waals surface area contributed by atoms with Gasteiger partial charge in [-0.2, -0.15) is 4.39 Å². The standard InChI is InChI=1S/C23H22FN5O/c1-14-4-3-6-26-22(14)16-10-18(21-17-5-7-25-19(17)12-27-23(21)24)28-20(11-16)29-8-9-30-13-15(29)2/h3-7,10-12,15,25H,8-9,13H2,1-2H3/t15-/m1/s1. The van der Waals surface area contributed by atoms with Crippen molar-refractivity contribution in [2.24, 2.45) is 0 Å². The molecule has 1 saturated heterocycles. The summed E-state index contributed by atoms with van der Waals surface area (Å²) in [7, 11) is 0. The lowest BCUT2D eigenvalue weighted by Gasteiger charge is -2.34. The van der Waals surface area contributed by atoms with E-state index >= 15 is 0 Å². The number of rotatable bonds is 3. The van der Waals surface area contributed by atoms with E-state index in [-0.39, 0.29) is 6.04 Å². The van der Waals surface area contributed by atoms with Crippen molar-refractivity contribution in [3.05, 3.63) is 60.4 Å². The SMILES string of the molecule is Cc1cccnc1-c1cc(-c2c(F)ncc3[nH]ccc23)nc(N2CCOC[C@H]2C)c1. The van der Waals surface area contributed by atoms with Crippen molar-refractivity contribution < 1.29 is 9.13 Å².